The third-order valence-corrected chi connectivity index (χ3v) is 7.96. The Morgan fingerprint density at radius 1 is 1.00 bits per heavy atom. The van der Waals surface area contributed by atoms with E-state index in [1.807, 2.05) is 13.8 Å². The fourth-order valence-corrected chi connectivity index (χ4v) is 5.69. The van der Waals surface area contributed by atoms with E-state index in [1.165, 1.54) is 4.31 Å². The van der Waals surface area contributed by atoms with Crippen LogP contribution in [0.1, 0.15) is 67.8 Å². The second-order valence-corrected chi connectivity index (χ2v) is 10.7. The molecule has 0 unspecified atom stereocenters. The number of carbonyl (C=O) groups is 2. The van der Waals surface area contributed by atoms with Gasteiger partial charge >= 0.3 is 5.97 Å². The van der Waals surface area contributed by atoms with Crippen LogP contribution in [0.25, 0.3) is 0 Å². The van der Waals surface area contributed by atoms with Crippen molar-refractivity contribution in [3.05, 3.63) is 59.7 Å². The third-order valence-electron chi connectivity index (χ3n) is 6.04. The molecule has 7 nitrogen and oxygen atoms in total. The molecule has 0 spiro atoms. The van der Waals surface area contributed by atoms with Gasteiger partial charge in [0.25, 0.3) is 0 Å². The summed E-state index contributed by atoms with van der Waals surface area (Å²) in [6.07, 6.45) is 6.21. The number of rotatable bonds is 10. The Balaban J connectivity index is 1.70. The molecule has 1 aliphatic rings. The number of nitrogens with zero attached hydrogens (tertiary/aromatic N) is 1. The van der Waals surface area contributed by atoms with Gasteiger partial charge in [0.05, 0.1) is 23.6 Å². The molecule has 1 fully saturated rings. The van der Waals surface area contributed by atoms with E-state index in [1.54, 1.807) is 48.5 Å². The van der Waals surface area contributed by atoms with Crippen LogP contribution in [-0.4, -0.2) is 43.8 Å². The summed E-state index contributed by atoms with van der Waals surface area (Å²) in [4.78, 5) is 25.1. The Hall–Kier alpha value is -2.71. The molecule has 2 aromatic carbocycles. The fraction of sp³-hybridized carbons (Fsp3) is 0.462. The molecular weight excluding hydrogens is 452 g/mol. The maximum absolute atomic E-state index is 13.5. The van der Waals surface area contributed by atoms with E-state index in [9.17, 15) is 18.0 Å². The van der Waals surface area contributed by atoms with E-state index >= 15 is 0 Å². The normalized spacial score (nSPS) is 14.7. The molecule has 1 amide bonds. The Morgan fingerprint density at radius 2 is 1.65 bits per heavy atom. The molecule has 0 aliphatic heterocycles. The van der Waals surface area contributed by atoms with Crippen LogP contribution >= 0.6 is 0 Å². The largest absolute Gasteiger partial charge is 0.462 e. The van der Waals surface area contributed by atoms with E-state index in [4.69, 9.17) is 4.74 Å². The minimum absolute atomic E-state index is 0.197. The van der Waals surface area contributed by atoms with E-state index in [0.29, 0.717) is 17.9 Å². The number of unbranched alkanes of at least 4 members (excludes halogenated alkanes) is 1. The fourth-order valence-electron chi connectivity index (χ4n) is 4.05. The summed E-state index contributed by atoms with van der Waals surface area (Å²) in [5.74, 6) is -0.821. The van der Waals surface area contributed by atoms with Crippen LogP contribution in [0.15, 0.2) is 53.4 Å². The molecule has 0 atom stereocenters. The van der Waals surface area contributed by atoms with Gasteiger partial charge in [-0.2, -0.15) is 4.31 Å². The van der Waals surface area contributed by atoms with Gasteiger partial charge in [-0.25, -0.2) is 13.2 Å². The Labute approximate surface area is 202 Å². The van der Waals surface area contributed by atoms with Gasteiger partial charge in [0.1, 0.15) is 0 Å². The molecule has 0 bridgehead atoms. The number of anilines is 1. The summed E-state index contributed by atoms with van der Waals surface area (Å²) in [7, 11) is -3.82. The molecule has 34 heavy (non-hydrogen) atoms. The summed E-state index contributed by atoms with van der Waals surface area (Å²) in [6, 6.07) is 12.9. The summed E-state index contributed by atoms with van der Waals surface area (Å²) in [5.41, 5.74) is 1.87. The van der Waals surface area contributed by atoms with Crippen LogP contribution in [0, 0.1) is 6.92 Å². The van der Waals surface area contributed by atoms with Crippen molar-refractivity contribution in [2.24, 2.45) is 0 Å². The number of esters is 1. The van der Waals surface area contributed by atoms with Gasteiger partial charge in [0, 0.05) is 11.7 Å². The molecule has 0 radical (unpaired) electrons. The van der Waals surface area contributed by atoms with E-state index < -0.39 is 21.9 Å². The molecule has 0 saturated heterocycles. The first-order chi connectivity index (χ1) is 16.3. The predicted molar refractivity (Wildman–Crippen MR) is 132 cm³/mol. The smallest absolute Gasteiger partial charge is 0.338 e. The molecule has 1 saturated carbocycles. The molecule has 184 valence electrons. The minimum atomic E-state index is -3.82. The van der Waals surface area contributed by atoms with E-state index in [2.05, 4.69) is 5.32 Å². The second kappa shape index (κ2) is 12.1. The van der Waals surface area contributed by atoms with E-state index in [0.717, 1.165) is 50.5 Å². The topological polar surface area (TPSA) is 92.8 Å². The highest BCUT2D eigenvalue weighted by Gasteiger charge is 2.34. The molecule has 8 heteroatoms. The monoisotopic (exact) mass is 486 g/mol. The van der Waals surface area contributed by atoms with Gasteiger partial charge < -0.3 is 10.1 Å². The quantitative estimate of drug-likeness (QED) is 0.380. The van der Waals surface area contributed by atoms with Gasteiger partial charge in [-0.15, -0.1) is 0 Å². The highest BCUT2D eigenvalue weighted by atomic mass is 32.2. The number of hydrogen-bond acceptors (Lipinski definition) is 5. The number of hydrogen-bond donors (Lipinski definition) is 1. The van der Waals surface area contributed by atoms with Gasteiger partial charge in [-0.05, 0) is 62.6 Å². The first-order valence-corrected chi connectivity index (χ1v) is 13.4. The lowest BCUT2D eigenvalue weighted by Gasteiger charge is -2.33. The molecule has 1 aliphatic carbocycles. The average Bonchev–Trinajstić information content (AvgIpc) is 2.84. The second-order valence-electron chi connectivity index (χ2n) is 8.77. The van der Waals surface area contributed by atoms with Crippen LogP contribution in [0.5, 0.6) is 0 Å². The van der Waals surface area contributed by atoms with Crippen LogP contribution in [-0.2, 0) is 19.6 Å². The van der Waals surface area contributed by atoms with Crippen molar-refractivity contribution in [1.82, 2.24) is 4.31 Å². The van der Waals surface area contributed by atoms with E-state index in [-0.39, 0.29) is 17.5 Å². The molecular formula is C26H34N2O5S. The standard InChI is InChI=1S/C26H34N2O5S/c1-3-4-18-33-26(30)21-12-14-22(15-13-21)27-25(29)19-28(23-8-6-5-7-9-23)34(31,32)24-16-10-20(2)11-17-24/h10-17,23H,3-9,18-19H2,1-2H3,(H,27,29). The van der Waals surface area contributed by atoms with Crippen molar-refractivity contribution < 1.29 is 22.7 Å². The van der Waals surface area contributed by atoms with Crippen molar-refractivity contribution in [3.8, 4) is 0 Å². The molecule has 0 heterocycles. The lowest BCUT2D eigenvalue weighted by Crippen LogP contribution is -2.45. The van der Waals surface area contributed by atoms with Crippen molar-refractivity contribution >= 4 is 27.6 Å². The summed E-state index contributed by atoms with van der Waals surface area (Å²) in [6.45, 7) is 4.04. The molecule has 0 aromatic heterocycles. The summed E-state index contributed by atoms with van der Waals surface area (Å²) < 4.78 is 33.5. The minimum Gasteiger partial charge on any atom is -0.462 e. The molecule has 1 N–H and O–H groups in total. The van der Waals surface area contributed by atoms with Crippen LogP contribution in [0.3, 0.4) is 0 Å². The van der Waals surface area contributed by atoms with Crippen molar-refractivity contribution in [1.29, 1.82) is 0 Å². The number of benzene rings is 2. The summed E-state index contributed by atoms with van der Waals surface area (Å²) >= 11 is 0. The third kappa shape index (κ3) is 6.90. The Kier molecular flexibility index (Phi) is 9.24. The first-order valence-electron chi connectivity index (χ1n) is 12.0. The molecule has 3 rings (SSSR count). The van der Waals surface area contributed by atoms with Gasteiger partial charge in [0.2, 0.25) is 15.9 Å². The maximum Gasteiger partial charge on any atom is 0.338 e. The predicted octanol–water partition coefficient (Wildman–Crippen LogP) is 4.91. The Morgan fingerprint density at radius 3 is 2.26 bits per heavy atom. The van der Waals surface area contributed by atoms with Gasteiger partial charge in [-0.3, -0.25) is 4.79 Å². The van der Waals surface area contributed by atoms with Crippen LogP contribution in [0.2, 0.25) is 0 Å². The number of sulfonamides is 1. The highest BCUT2D eigenvalue weighted by molar-refractivity contribution is 7.89. The zero-order valence-electron chi connectivity index (χ0n) is 20.0. The number of carbonyl (C=O) groups excluding carboxylic acids is 2. The number of nitrogens with one attached hydrogen (secondary N) is 1. The maximum atomic E-state index is 13.5. The lowest BCUT2D eigenvalue weighted by molar-refractivity contribution is -0.116. The first kappa shape index (κ1) is 25.9. The number of ether oxygens (including phenoxy) is 1. The zero-order chi connectivity index (χ0) is 24.6. The van der Waals surface area contributed by atoms with Crippen LogP contribution in [0.4, 0.5) is 5.69 Å². The molecule has 2 aromatic rings. The van der Waals surface area contributed by atoms with Crippen molar-refractivity contribution in [2.45, 2.75) is 69.7 Å². The van der Waals surface area contributed by atoms with Crippen molar-refractivity contribution in [2.75, 3.05) is 18.5 Å². The zero-order valence-corrected chi connectivity index (χ0v) is 20.8. The Bertz CT molecular complexity index is 1060. The highest BCUT2D eigenvalue weighted by Crippen LogP contribution is 2.28. The average molecular weight is 487 g/mol. The van der Waals surface area contributed by atoms with Crippen molar-refractivity contribution in [3.63, 3.8) is 0 Å². The van der Waals surface area contributed by atoms with Gasteiger partial charge in [-0.1, -0.05) is 50.3 Å². The number of aryl methyl sites for hydroxylation is 1. The lowest BCUT2D eigenvalue weighted by atomic mass is 9.95. The van der Waals surface area contributed by atoms with Gasteiger partial charge in [0.15, 0.2) is 0 Å². The SMILES string of the molecule is CCCCOC(=O)c1ccc(NC(=O)CN(C2CCCCC2)S(=O)(=O)c2ccc(C)cc2)cc1. The number of amides is 1. The van der Waals surface area contributed by atoms with Crippen LogP contribution < -0.4 is 5.32 Å². The summed E-state index contributed by atoms with van der Waals surface area (Å²) in [5, 5.41) is 2.77.